The van der Waals surface area contributed by atoms with Crippen molar-refractivity contribution in [2.75, 3.05) is 0 Å². The van der Waals surface area contributed by atoms with Crippen molar-refractivity contribution in [3.8, 4) is 48.8 Å². The third-order valence-electron chi connectivity index (χ3n) is 8.01. The van der Waals surface area contributed by atoms with Gasteiger partial charge < -0.3 is 0 Å². The number of rotatable bonds is 5. The van der Waals surface area contributed by atoms with Crippen LogP contribution in [-0.4, -0.2) is 0 Å². The molecule has 0 saturated heterocycles. The highest BCUT2D eigenvalue weighted by atomic mass is 32.1. The average molecular weight is 887 g/mol. The molecule has 12 heteroatoms. The first-order valence-corrected chi connectivity index (χ1v) is 26.0. The number of hydrogen-bond donors (Lipinski definition) is 0. The molecule has 0 unspecified atom stereocenters. The summed E-state index contributed by atoms with van der Waals surface area (Å²) in [5.41, 5.74) is 0. The normalized spacial score (nSPS) is 11.5. The molecule has 0 spiro atoms. The first kappa shape index (κ1) is 34.0. The minimum atomic E-state index is 1.37. The third kappa shape index (κ3) is 6.94. The van der Waals surface area contributed by atoms with Gasteiger partial charge in [0.2, 0.25) is 0 Å². The number of hydrogen-bond acceptors (Lipinski definition) is 12. The van der Waals surface area contributed by atoms with Crippen LogP contribution in [0.15, 0.2) is 129 Å². The van der Waals surface area contributed by atoms with Gasteiger partial charge in [0.05, 0.1) is 0 Å². The summed E-state index contributed by atoms with van der Waals surface area (Å²) in [6.45, 7) is 0. The first-order chi connectivity index (χ1) is 25.7. The van der Waals surface area contributed by atoms with Crippen molar-refractivity contribution in [3.05, 3.63) is 129 Å². The molecule has 254 valence electrons. The van der Waals surface area contributed by atoms with Gasteiger partial charge >= 0.3 is 0 Å². The summed E-state index contributed by atoms with van der Waals surface area (Å²) >= 11 is 22.3. The molecule has 0 aliphatic heterocycles. The van der Waals surface area contributed by atoms with Gasteiger partial charge in [0.25, 0.3) is 0 Å². The van der Waals surface area contributed by atoms with Gasteiger partial charge in [-0.3, -0.25) is 0 Å². The molecular formula is C40H22S12. The highest BCUT2D eigenvalue weighted by molar-refractivity contribution is 7.34. The van der Waals surface area contributed by atoms with Crippen molar-refractivity contribution in [2.24, 2.45) is 0 Å². The van der Waals surface area contributed by atoms with Crippen LogP contribution >= 0.6 is 136 Å². The van der Waals surface area contributed by atoms with Crippen LogP contribution in [0.3, 0.4) is 0 Å². The summed E-state index contributed by atoms with van der Waals surface area (Å²) < 4.78 is 11.3. The Balaban J connectivity index is 0.0000000978. The molecule has 0 nitrogen and oxygen atoms in total. The van der Waals surface area contributed by atoms with Crippen molar-refractivity contribution in [2.45, 2.75) is 0 Å². The molecule has 0 bridgehead atoms. The van der Waals surface area contributed by atoms with E-state index in [9.17, 15) is 0 Å². The predicted octanol–water partition coefficient (Wildman–Crippen LogP) is 18.7. The smallest absolute Gasteiger partial charge is 0.0464 e. The van der Waals surface area contributed by atoms with Gasteiger partial charge in [0.15, 0.2) is 0 Å². The minimum absolute atomic E-state index is 1.37. The van der Waals surface area contributed by atoms with Gasteiger partial charge in [-0.15, -0.1) is 136 Å². The molecule has 0 fully saturated rings. The van der Waals surface area contributed by atoms with Gasteiger partial charge in [-0.1, -0.05) is 18.2 Å². The van der Waals surface area contributed by atoms with Crippen molar-refractivity contribution in [3.63, 3.8) is 0 Å². The zero-order valence-corrected chi connectivity index (χ0v) is 36.4. The molecule has 12 aromatic rings. The molecule has 0 saturated carbocycles. The van der Waals surface area contributed by atoms with E-state index < -0.39 is 0 Å². The second kappa shape index (κ2) is 14.9. The van der Waals surface area contributed by atoms with E-state index in [1.165, 1.54) is 86.4 Å². The van der Waals surface area contributed by atoms with E-state index in [4.69, 9.17) is 0 Å². The molecule has 0 radical (unpaired) electrons. The van der Waals surface area contributed by atoms with E-state index in [2.05, 4.69) is 129 Å². The fraction of sp³-hybridized carbons (Fsp3) is 0. The summed E-state index contributed by atoms with van der Waals surface area (Å²) in [4.78, 5) is 13.9. The zero-order chi connectivity index (χ0) is 34.4. The highest BCUT2D eigenvalue weighted by Crippen LogP contribution is 2.45. The zero-order valence-electron chi connectivity index (χ0n) is 26.6. The van der Waals surface area contributed by atoms with Crippen molar-refractivity contribution in [1.29, 1.82) is 0 Å². The Labute approximate surface area is 347 Å². The molecule has 0 aliphatic rings. The third-order valence-corrected chi connectivity index (χ3v) is 21.3. The number of thiophene rings is 12. The standard InChI is InChI=1S/2C14H8S4.C12H6S4/c1-3-9(15-5-1)11-7-13-14(17-11)8-12(18-13)10-4-2-6-16-10;1-2-9(15-6-1)10-3-4-11(17-10)14-8-13-12(18-14)5-7-16-13;1-3-13-9-5-11(15-7(1)9)12-6-10-8(16-12)2-4-14-10/h2*1-8H;1-6H. The van der Waals surface area contributed by atoms with Crippen LogP contribution in [0.1, 0.15) is 0 Å². The minimum Gasteiger partial charge on any atom is -0.143 e. The Kier molecular flexibility index (Phi) is 9.76. The number of fused-ring (bicyclic) bond motifs is 4. The van der Waals surface area contributed by atoms with E-state index in [0.29, 0.717) is 0 Å². The summed E-state index contributed by atoms with van der Waals surface area (Å²) in [7, 11) is 0. The molecule has 12 rings (SSSR count). The topological polar surface area (TPSA) is 0 Å². The van der Waals surface area contributed by atoms with Gasteiger partial charge in [0, 0.05) is 86.4 Å². The van der Waals surface area contributed by atoms with E-state index in [1.54, 1.807) is 0 Å². The van der Waals surface area contributed by atoms with E-state index in [0.717, 1.165) is 0 Å². The van der Waals surface area contributed by atoms with Gasteiger partial charge in [-0.05, 0) is 111 Å². The molecule has 12 aromatic heterocycles. The second-order valence-corrected chi connectivity index (χ2v) is 23.5. The Morgan fingerprint density at radius 3 is 0.923 bits per heavy atom. The largest absolute Gasteiger partial charge is 0.143 e. The van der Waals surface area contributed by atoms with Crippen LogP contribution in [0.2, 0.25) is 0 Å². The van der Waals surface area contributed by atoms with Crippen LogP contribution in [0.5, 0.6) is 0 Å². The van der Waals surface area contributed by atoms with Crippen molar-refractivity contribution in [1.82, 2.24) is 0 Å². The van der Waals surface area contributed by atoms with E-state index in [-0.39, 0.29) is 0 Å². The van der Waals surface area contributed by atoms with Gasteiger partial charge in [-0.25, -0.2) is 0 Å². The maximum atomic E-state index is 2.33. The lowest BCUT2D eigenvalue weighted by Gasteiger charge is -1.90. The second-order valence-electron chi connectivity index (χ2n) is 11.3. The lowest BCUT2D eigenvalue weighted by molar-refractivity contribution is 1.92. The summed E-state index contributed by atoms with van der Waals surface area (Å²) in [5, 5.41) is 12.9. The van der Waals surface area contributed by atoms with Crippen LogP contribution in [0.4, 0.5) is 0 Å². The lowest BCUT2D eigenvalue weighted by atomic mass is 10.3. The average Bonchev–Trinajstić information content (AvgIpc) is 3.99. The molecule has 0 aromatic carbocycles. The Morgan fingerprint density at radius 2 is 0.538 bits per heavy atom. The van der Waals surface area contributed by atoms with E-state index >= 15 is 0 Å². The highest BCUT2D eigenvalue weighted by Gasteiger charge is 2.12. The van der Waals surface area contributed by atoms with Crippen molar-refractivity contribution >= 4 is 174 Å². The molecule has 12 heterocycles. The van der Waals surface area contributed by atoms with Crippen molar-refractivity contribution < 1.29 is 0 Å². The van der Waals surface area contributed by atoms with Gasteiger partial charge in [-0.2, -0.15) is 0 Å². The summed E-state index contributed by atoms with van der Waals surface area (Å²) in [6.07, 6.45) is 0. The molecule has 0 amide bonds. The quantitative estimate of drug-likeness (QED) is 0.162. The van der Waals surface area contributed by atoms with Crippen LogP contribution in [0, 0.1) is 0 Å². The predicted molar refractivity (Wildman–Crippen MR) is 251 cm³/mol. The van der Waals surface area contributed by atoms with Crippen LogP contribution in [0.25, 0.3) is 86.4 Å². The summed E-state index contributed by atoms with van der Waals surface area (Å²) in [5.74, 6) is 0. The maximum absolute atomic E-state index is 2.33. The Bertz CT molecular complexity index is 2720. The first-order valence-electron chi connectivity index (χ1n) is 15.9. The lowest BCUT2D eigenvalue weighted by Crippen LogP contribution is -1.59. The fourth-order valence-corrected chi connectivity index (χ4v) is 18.0. The fourth-order valence-electron chi connectivity index (χ4n) is 5.60. The molecular weight excluding hydrogens is 865 g/mol. The molecule has 0 atom stereocenters. The Hall–Kier alpha value is -2.56. The Morgan fingerprint density at radius 1 is 0.212 bits per heavy atom. The van der Waals surface area contributed by atoms with Gasteiger partial charge in [0.1, 0.15) is 0 Å². The molecule has 0 aliphatic carbocycles. The maximum Gasteiger partial charge on any atom is 0.0464 e. The van der Waals surface area contributed by atoms with Crippen LogP contribution in [-0.2, 0) is 0 Å². The van der Waals surface area contributed by atoms with E-state index in [1.807, 2.05) is 136 Å². The summed E-state index contributed by atoms with van der Waals surface area (Å²) in [6, 6.07) is 35.6. The monoisotopic (exact) mass is 886 g/mol. The molecule has 0 N–H and O–H groups in total. The SMILES string of the molecule is c1cc2sc(-c3cc4sccc4s3)cc2s1.c1csc(-c2cc3sc(-c4cccs4)cc3s2)c1.c1csc(-c2ccc(-c3cc4sccc4s3)s2)c1. The molecule has 52 heavy (non-hydrogen) atoms. The van der Waals surface area contributed by atoms with Crippen LogP contribution < -0.4 is 0 Å².